The Kier molecular flexibility index (Phi) is 6.75. The van der Waals surface area contributed by atoms with Gasteiger partial charge >= 0.3 is 0 Å². The highest BCUT2D eigenvalue weighted by Gasteiger charge is 2.19. The summed E-state index contributed by atoms with van der Waals surface area (Å²) in [5.41, 5.74) is 7.36. The molecule has 16 heavy (non-hydrogen) atoms. The normalized spacial score (nSPS) is 15.1. The molecule has 0 aliphatic heterocycles. The molecule has 0 rings (SSSR count). The minimum atomic E-state index is 0.284. The van der Waals surface area contributed by atoms with E-state index in [0.29, 0.717) is 12.5 Å². The van der Waals surface area contributed by atoms with Gasteiger partial charge in [-0.25, -0.2) is 0 Å². The fraction of sp³-hybridized carbons (Fsp3) is 0.467. The van der Waals surface area contributed by atoms with Crippen LogP contribution in [0.25, 0.3) is 0 Å². The van der Waals surface area contributed by atoms with Crippen LogP contribution in [0, 0.1) is 11.3 Å². The molecule has 0 spiro atoms. The predicted octanol–water partition coefficient (Wildman–Crippen LogP) is 3.85. The molecule has 0 aromatic heterocycles. The SMILES string of the molecule is C=C/C=C\C(=C/C=C)C(CN)CC(C)(C)C. The molecule has 0 radical (unpaired) electrons. The van der Waals surface area contributed by atoms with E-state index in [1.165, 1.54) is 5.57 Å². The van der Waals surface area contributed by atoms with Crippen LogP contribution in [0.3, 0.4) is 0 Å². The molecule has 0 aromatic carbocycles. The molecule has 1 atom stereocenters. The van der Waals surface area contributed by atoms with Crippen LogP contribution in [-0.4, -0.2) is 6.54 Å². The molecule has 0 aliphatic rings. The van der Waals surface area contributed by atoms with Gasteiger partial charge in [0.25, 0.3) is 0 Å². The molecule has 90 valence electrons. The van der Waals surface area contributed by atoms with Crippen molar-refractivity contribution in [2.75, 3.05) is 6.54 Å². The predicted molar refractivity (Wildman–Crippen MR) is 74.2 cm³/mol. The molecule has 0 heterocycles. The van der Waals surface area contributed by atoms with Crippen LogP contribution in [0.4, 0.5) is 0 Å². The molecular formula is C15H25N. The second kappa shape index (κ2) is 7.24. The molecule has 1 heteroatoms. The van der Waals surface area contributed by atoms with Gasteiger partial charge in [-0.2, -0.15) is 0 Å². The Balaban J connectivity index is 4.85. The first-order chi connectivity index (χ1) is 7.44. The summed E-state index contributed by atoms with van der Waals surface area (Å²) >= 11 is 0. The first-order valence-corrected chi connectivity index (χ1v) is 5.76. The van der Waals surface area contributed by atoms with E-state index in [0.717, 1.165) is 6.42 Å². The Morgan fingerprint density at radius 1 is 1.25 bits per heavy atom. The molecule has 0 saturated carbocycles. The Labute approximate surface area is 100 Å². The third-order valence-electron chi connectivity index (χ3n) is 2.35. The summed E-state index contributed by atoms with van der Waals surface area (Å²) in [6, 6.07) is 0. The van der Waals surface area contributed by atoms with Crippen molar-refractivity contribution in [1.29, 1.82) is 0 Å². The average molecular weight is 219 g/mol. The van der Waals surface area contributed by atoms with Crippen molar-refractivity contribution in [3.63, 3.8) is 0 Å². The summed E-state index contributed by atoms with van der Waals surface area (Å²) in [4.78, 5) is 0. The summed E-state index contributed by atoms with van der Waals surface area (Å²) in [6.07, 6.45) is 10.7. The van der Waals surface area contributed by atoms with Gasteiger partial charge in [-0.1, -0.05) is 64.3 Å². The van der Waals surface area contributed by atoms with Gasteiger partial charge in [0.1, 0.15) is 0 Å². The van der Waals surface area contributed by atoms with Gasteiger partial charge in [0.05, 0.1) is 0 Å². The quantitative estimate of drug-likeness (QED) is 0.675. The third-order valence-corrected chi connectivity index (χ3v) is 2.35. The first kappa shape index (κ1) is 14.9. The van der Waals surface area contributed by atoms with E-state index in [9.17, 15) is 0 Å². The lowest BCUT2D eigenvalue weighted by Gasteiger charge is -2.26. The first-order valence-electron chi connectivity index (χ1n) is 5.76. The summed E-state index contributed by atoms with van der Waals surface area (Å²) < 4.78 is 0. The Morgan fingerprint density at radius 2 is 1.88 bits per heavy atom. The summed E-state index contributed by atoms with van der Waals surface area (Å²) in [7, 11) is 0. The molecule has 0 saturated heterocycles. The van der Waals surface area contributed by atoms with Gasteiger partial charge < -0.3 is 5.73 Å². The van der Waals surface area contributed by atoms with Gasteiger partial charge in [0.15, 0.2) is 0 Å². The summed E-state index contributed by atoms with van der Waals surface area (Å²) in [6.45, 7) is 14.8. The summed E-state index contributed by atoms with van der Waals surface area (Å²) in [5, 5.41) is 0. The minimum Gasteiger partial charge on any atom is -0.330 e. The van der Waals surface area contributed by atoms with Crippen LogP contribution in [0.1, 0.15) is 27.2 Å². The Bertz CT molecular complexity index is 276. The highest BCUT2D eigenvalue weighted by Crippen LogP contribution is 2.28. The molecule has 1 unspecified atom stereocenters. The largest absolute Gasteiger partial charge is 0.330 e. The molecule has 0 aliphatic carbocycles. The molecule has 0 aromatic rings. The number of rotatable bonds is 6. The van der Waals surface area contributed by atoms with E-state index in [4.69, 9.17) is 5.73 Å². The second-order valence-corrected chi connectivity index (χ2v) is 5.19. The van der Waals surface area contributed by atoms with Crippen molar-refractivity contribution in [3.05, 3.63) is 49.1 Å². The van der Waals surface area contributed by atoms with Crippen molar-refractivity contribution >= 4 is 0 Å². The maximum absolute atomic E-state index is 5.85. The van der Waals surface area contributed by atoms with Crippen molar-refractivity contribution in [2.24, 2.45) is 17.1 Å². The topological polar surface area (TPSA) is 26.0 Å². The van der Waals surface area contributed by atoms with Crippen LogP contribution < -0.4 is 5.73 Å². The standard InChI is InChI=1S/C15H25N/c1-6-8-10-13(9-7-2)14(12-16)11-15(3,4)5/h6-10,14H,1-2,11-12,16H2,3-5H3/b10-8-,13-9+. The van der Waals surface area contributed by atoms with E-state index >= 15 is 0 Å². The average Bonchev–Trinajstić information content (AvgIpc) is 2.19. The number of nitrogens with two attached hydrogens (primary N) is 1. The van der Waals surface area contributed by atoms with E-state index in [2.05, 4.69) is 40.0 Å². The van der Waals surface area contributed by atoms with Gasteiger partial charge in [-0.3, -0.25) is 0 Å². The fourth-order valence-corrected chi connectivity index (χ4v) is 1.72. The third kappa shape index (κ3) is 6.41. The maximum atomic E-state index is 5.85. The van der Waals surface area contributed by atoms with E-state index < -0.39 is 0 Å². The van der Waals surface area contributed by atoms with Crippen molar-refractivity contribution in [1.82, 2.24) is 0 Å². The van der Waals surface area contributed by atoms with Crippen molar-refractivity contribution < 1.29 is 0 Å². The fourth-order valence-electron chi connectivity index (χ4n) is 1.72. The summed E-state index contributed by atoms with van der Waals surface area (Å²) in [5.74, 6) is 0.384. The zero-order valence-corrected chi connectivity index (χ0v) is 10.9. The molecule has 2 N–H and O–H groups in total. The Hall–Kier alpha value is -1.08. The van der Waals surface area contributed by atoms with Crippen LogP contribution in [0.2, 0.25) is 0 Å². The van der Waals surface area contributed by atoms with Crippen LogP contribution in [0.15, 0.2) is 49.1 Å². The van der Waals surface area contributed by atoms with Gasteiger partial charge in [0.2, 0.25) is 0 Å². The van der Waals surface area contributed by atoms with E-state index in [1.807, 2.05) is 18.2 Å². The van der Waals surface area contributed by atoms with Gasteiger partial charge in [-0.15, -0.1) is 0 Å². The van der Waals surface area contributed by atoms with Gasteiger partial charge in [-0.05, 0) is 29.9 Å². The van der Waals surface area contributed by atoms with Crippen LogP contribution >= 0.6 is 0 Å². The van der Waals surface area contributed by atoms with Gasteiger partial charge in [0, 0.05) is 0 Å². The van der Waals surface area contributed by atoms with Crippen LogP contribution in [0.5, 0.6) is 0 Å². The highest BCUT2D eigenvalue weighted by atomic mass is 14.6. The Morgan fingerprint density at radius 3 is 2.25 bits per heavy atom. The molecular weight excluding hydrogens is 194 g/mol. The number of hydrogen-bond acceptors (Lipinski definition) is 1. The lowest BCUT2D eigenvalue weighted by Crippen LogP contribution is -2.22. The van der Waals surface area contributed by atoms with Crippen molar-refractivity contribution in [2.45, 2.75) is 27.2 Å². The van der Waals surface area contributed by atoms with Crippen molar-refractivity contribution in [3.8, 4) is 0 Å². The smallest absolute Gasteiger partial charge is 0.000804 e. The number of allylic oxidation sites excluding steroid dienone is 5. The van der Waals surface area contributed by atoms with E-state index in [-0.39, 0.29) is 5.41 Å². The highest BCUT2D eigenvalue weighted by molar-refractivity contribution is 5.28. The van der Waals surface area contributed by atoms with Crippen LogP contribution in [-0.2, 0) is 0 Å². The molecule has 0 fully saturated rings. The zero-order chi connectivity index (χ0) is 12.6. The lowest BCUT2D eigenvalue weighted by atomic mass is 9.81. The lowest BCUT2D eigenvalue weighted by molar-refractivity contribution is 0.323. The molecule has 0 amide bonds. The second-order valence-electron chi connectivity index (χ2n) is 5.19. The monoisotopic (exact) mass is 219 g/mol. The molecule has 0 bridgehead atoms. The zero-order valence-electron chi connectivity index (χ0n) is 10.9. The van der Waals surface area contributed by atoms with E-state index in [1.54, 1.807) is 6.08 Å². The number of hydrogen-bond donors (Lipinski definition) is 1. The minimum absolute atomic E-state index is 0.284. The molecule has 1 nitrogen and oxygen atoms in total. The maximum Gasteiger partial charge on any atom is -0.000804 e.